The molecule has 1 aromatic heterocycles. The van der Waals surface area contributed by atoms with Gasteiger partial charge in [-0.1, -0.05) is 11.8 Å². The van der Waals surface area contributed by atoms with E-state index in [0.29, 0.717) is 30.3 Å². The number of hydrogen-bond donors (Lipinski definition) is 1. The van der Waals surface area contributed by atoms with Gasteiger partial charge in [-0.15, -0.1) is 11.3 Å². The number of amides is 1. The summed E-state index contributed by atoms with van der Waals surface area (Å²) in [6, 6.07) is 4.28. The first-order valence-corrected chi connectivity index (χ1v) is 7.87. The number of carbonyl (C=O) groups is 1. The molecular formula is C16H18N2O2S. The van der Waals surface area contributed by atoms with Crippen molar-refractivity contribution >= 4 is 17.2 Å². The van der Waals surface area contributed by atoms with Crippen LogP contribution in [0.5, 0.6) is 0 Å². The van der Waals surface area contributed by atoms with E-state index in [1.54, 1.807) is 0 Å². The van der Waals surface area contributed by atoms with Crippen LogP contribution in [-0.4, -0.2) is 35.1 Å². The van der Waals surface area contributed by atoms with Gasteiger partial charge in [0.2, 0.25) is 0 Å². The summed E-state index contributed by atoms with van der Waals surface area (Å²) in [6.07, 6.45) is 2.88. The molecule has 0 aliphatic heterocycles. The molecule has 0 aromatic carbocycles. The zero-order valence-electron chi connectivity index (χ0n) is 12.1. The van der Waals surface area contributed by atoms with Crippen LogP contribution in [0.25, 0.3) is 0 Å². The molecule has 0 atom stereocenters. The molecule has 0 radical (unpaired) electrons. The Morgan fingerprint density at radius 1 is 1.52 bits per heavy atom. The predicted octanol–water partition coefficient (Wildman–Crippen LogP) is 2.31. The highest BCUT2D eigenvalue weighted by Crippen LogP contribution is 2.30. The molecule has 1 N–H and O–H groups in total. The molecule has 0 unspecified atom stereocenters. The van der Waals surface area contributed by atoms with Crippen molar-refractivity contribution in [3.63, 3.8) is 0 Å². The number of aliphatic hydroxyl groups excluding tert-OH is 1. The minimum Gasteiger partial charge on any atom is -0.395 e. The molecule has 5 heteroatoms. The molecule has 1 aromatic rings. The van der Waals surface area contributed by atoms with Gasteiger partial charge in [0.15, 0.2) is 0 Å². The van der Waals surface area contributed by atoms with Gasteiger partial charge in [0.25, 0.3) is 5.91 Å². The van der Waals surface area contributed by atoms with Gasteiger partial charge in [-0.2, -0.15) is 5.26 Å². The third kappa shape index (κ3) is 4.07. The number of nitrogens with zero attached hydrogens (tertiary/aromatic N) is 2. The van der Waals surface area contributed by atoms with Crippen LogP contribution in [0.3, 0.4) is 0 Å². The molecule has 1 aliphatic carbocycles. The van der Waals surface area contributed by atoms with E-state index < -0.39 is 0 Å². The van der Waals surface area contributed by atoms with E-state index in [-0.39, 0.29) is 12.5 Å². The SMILES string of the molecule is Cc1cc(C(=O)N(CCC#N)C2CC2)sc1C#CCCO. The van der Waals surface area contributed by atoms with Crippen molar-refractivity contribution < 1.29 is 9.90 Å². The Bertz CT molecular complexity index is 614. The van der Waals surface area contributed by atoms with Crippen molar-refractivity contribution in [2.45, 2.75) is 38.6 Å². The maximum Gasteiger partial charge on any atom is 0.264 e. The third-order valence-corrected chi connectivity index (χ3v) is 4.42. The molecule has 0 bridgehead atoms. The van der Waals surface area contributed by atoms with Crippen molar-refractivity contribution in [3.8, 4) is 17.9 Å². The zero-order chi connectivity index (χ0) is 15.2. The average molecular weight is 302 g/mol. The van der Waals surface area contributed by atoms with Gasteiger partial charge in [-0.3, -0.25) is 4.79 Å². The van der Waals surface area contributed by atoms with Crippen LogP contribution >= 0.6 is 11.3 Å². The Balaban J connectivity index is 2.13. The minimum atomic E-state index is 0.0102. The Morgan fingerprint density at radius 2 is 2.29 bits per heavy atom. The standard InChI is InChI=1S/C16H18N2O2S/c1-12-11-15(21-14(12)5-2-3-10-19)16(20)18(9-4-8-17)13-6-7-13/h11,13,19H,3-4,6-7,9-10H2,1H3. The molecular weight excluding hydrogens is 284 g/mol. The van der Waals surface area contributed by atoms with Crippen molar-refractivity contribution in [1.82, 2.24) is 4.90 Å². The second-order valence-electron chi connectivity index (χ2n) is 5.04. The quantitative estimate of drug-likeness (QED) is 0.849. The summed E-state index contributed by atoms with van der Waals surface area (Å²) in [5.41, 5.74) is 0.991. The molecule has 110 valence electrons. The van der Waals surface area contributed by atoms with Crippen LogP contribution in [0.4, 0.5) is 0 Å². The Labute approximate surface area is 129 Å². The number of carbonyl (C=O) groups excluding carboxylic acids is 1. The molecule has 0 saturated heterocycles. The number of nitriles is 1. The van der Waals surface area contributed by atoms with Gasteiger partial charge < -0.3 is 10.0 Å². The van der Waals surface area contributed by atoms with Crippen LogP contribution in [-0.2, 0) is 0 Å². The normalized spacial score (nSPS) is 13.2. The summed E-state index contributed by atoms with van der Waals surface area (Å²) in [5, 5.41) is 17.5. The fourth-order valence-corrected chi connectivity index (χ4v) is 3.06. The molecule has 0 spiro atoms. The van der Waals surface area contributed by atoms with Crippen molar-refractivity contribution in [2.24, 2.45) is 0 Å². The van der Waals surface area contributed by atoms with Gasteiger partial charge >= 0.3 is 0 Å². The lowest BCUT2D eigenvalue weighted by Gasteiger charge is -2.20. The lowest BCUT2D eigenvalue weighted by molar-refractivity contribution is 0.0751. The highest BCUT2D eigenvalue weighted by atomic mass is 32.1. The smallest absolute Gasteiger partial charge is 0.264 e. The van der Waals surface area contributed by atoms with E-state index in [2.05, 4.69) is 17.9 Å². The maximum atomic E-state index is 12.6. The predicted molar refractivity (Wildman–Crippen MR) is 81.9 cm³/mol. The molecule has 21 heavy (non-hydrogen) atoms. The van der Waals surface area contributed by atoms with Crippen LogP contribution < -0.4 is 0 Å². The van der Waals surface area contributed by atoms with E-state index in [9.17, 15) is 4.79 Å². The monoisotopic (exact) mass is 302 g/mol. The molecule has 1 aliphatic rings. The molecule has 4 nitrogen and oxygen atoms in total. The second-order valence-corrected chi connectivity index (χ2v) is 6.09. The fourth-order valence-electron chi connectivity index (χ4n) is 2.06. The number of thiophene rings is 1. The summed E-state index contributed by atoms with van der Waals surface area (Å²) < 4.78 is 0. The average Bonchev–Trinajstić information content (AvgIpc) is 3.24. The number of aliphatic hydroxyl groups is 1. The van der Waals surface area contributed by atoms with Gasteiger partial charge in [-0.25, -0.2) is 0 Å². The Hall–Kier alpha value is -1.82. The first-order valence-electron chi connectivity index (χ1n) is 7.05. The first kappa shape index (κ1) is 15.6. The van der Waals surface area contributed by atoms with Crippen LogP contribution in [0.2, 0.25) is 0 Å². The highest BCUT2D eigenvalue weighted by Gasteiger charge is 2.33. The summed E-state index contributed by atoms with van der Waals surface area (Å²) in [5.74, 6) is 5.90. The second kappa shape index (κ2) is 7.26. The van der Waals surface area contributed by atoms with Crippen molar-refractivity contribution in [1.29, 1.82) is 5.26 Å². The van der Waals surface area contributed by atoms with Crippen LogP contribution in [0.1, 0.15) is 45.8 Å². The summed E-state index contributed by atoms with van der Waals surface area (Å²) in [7, 11) is 0. The fraction of sp³-hybridized carbons (Fsp3) is 0.500. The van der Waals surface area contributed by atoms with E-state index in [1.165, 1.54) is 11.3 Å². The lowest BCUT2D eigenvalue weighted by atomic mass is 10.2. The van der Waals surface area contributed by atoms with E-state index in [0.717, 1.165) is 23.3 Å². The highest BCUT2D eigenvalue weighted by molar-refractivity contribution is 7.14. The molecule has 2 rings (SSSR count). The molecule has 1 fully saturated rings. The van der Waals surface area contributed by atoms with E-state index in [4.69, 9.17) is 10.4 Å². The molecule has 1 saturated carbocycles. The number of aryl methyl sites for hydroxylation is 1. The molecule has 1 heterocycles. The summed E-state index contributed by atoms with van der Waals surface area (Å²) in [4.78, 5) is 15.9. The topological polar surface area (TPSA) is 64.3 Å². The number of rotatable bonds is 5. The first-order chi connectivity index (χ1) is 10.2. The Kier molecular flexibility index (Phi) is 5.38. The van der Waals surface area contributed by atoms with Gasteiger partial charge in [0.05, 0.1) is 28.9 Å². The zero-order valence-corrected chi connectivity index (χ0v) is 12.9. The van der Waals surface area contributed by atoms with Crippen molar-refractivity contribution in [3.05, 3.63) is 21.4 Å². The van der Waals surface area contributed by atoms with Gasteiger partial charge in [0, 0.05) is 19.0 Å². The summed E-state index contributed by atoms with van der Waals surface area (Å²) >= 11 is 1.40. The summed E-state index contributed by atoms with van der Waals surface area (Å²) in [6.45, 7) is 2.49. The van der Waals surface area contributed by atoms with Crippen molar-refractivity contribution in [2.75, 3.05) is 13.2 Å². The lowest BCUT2D eigenvalue weighted by Crippen LogP contribution is -2.33. The van der Waals surface area contributed by atoms with Crippen LogP contribution in [0.15, 0.2) is 6.07 Å². The van der Waals surface area contributed by atoms with E-state index >= 15 is 0 Å². The largest absolute Gasteiger partial charge is 0.395 e. The number of hydrogen-bond acceptors (Lipinski definition) is 4. The van der Waals surface area contributed by atoms with Crippen LogP contribution in [0, 0.1) is 30.1 Å². The molecule has 1 amide bonds. The van der Waals surface area contributed by atoms with E-state index in [1.807, 2.05) is 17.9 Å². The van der Waals surface area contributed by atoms with Gasteiger partial charge in [0.1, 0.15) is 0 Å². The maximum absolute atomic E-state index is 12.6. The minimum absolute atomic E-state index is 0.0102. The van der Waals surface area contributed by atoms with Gasteiger partial charge in [-0.05, 0) is 31.4 Å². The third-order valence-electron chi connectivity index (χ3n) is 3.28. The Morgan fingerprint density at radius 3 is 2.90 bits per heavy atom.